The molecule has 63 heavy (non-hydrogen) atoms. The van der Waals surface area contributed by atoms with Gasteiger partial charge in [-0.1, -0.05) is 103 Å². The molecule has 4 heterocycles. The van der Waals surface area contributed by atoms with E-state index in [9.17, 15) is 0 Å². The van der Waals surface area contributed by atoms with Gasteiger partial charge in [0.05, 0.1) is 16.7 Å². The number of fused-ring (bicyclic) bond motifs is 14. The fourth-order valence-electron chi connectivity index (χ4n) is 10.2. The molecular weight excluding hydrogens is 771 g/mol. The first kappa shape index (κ1) is 34.2. The molecule has 0 saturated heterocycles. The Bertz CT molecular complexity index is 4280. The number of furan rings is 2. The lowest BCUT2D eigenvalue weighted by Crippen LogP contribution is -1.99. The van der Waals surface area contributed by atoms with Gasteiger partial charge in [-0.3, -0.25) is 0 Å². The topological polar surface area (TPSA) is 41.1 Å². The van der Waals surface area contributed by atoms with Crippen LogP contribution in [0.25, 0.3) is 126 Å². The quantitative estimate of drug-likeness (QED) is 0.178. The molecule has 14 aromatic rings. The second kappa shape index (κ2) is 13.0. The summed E-state index contributed by atoms with van der Waals surface area (Å²) < 4.78 is 20.2. The van der Waals surface area contributed by atoms with Gasteiger partial charge in [0.15, 0.2) is 0 Å². The number of nitrogens with zero attached hydrogens (tertiary/aromatic N) is 3. The van der Waals surface area contributed by atoms with Gasteiger partial charge in [-0.25, -0.2) is 0 Å². The van der Waals surface area contributed by atoms with E-state index < -0.39 is 0 Å². The average Bonchev–Trinajstić information content (AvgIpc) is 4.00. The summed E-state index contributed by atoms with van der Waals surface area (Å²) in [4.78, 5) is 0. The van der Waals surface area contributed by atoms with Gasteiger partial charge in [0.25, 0.3) is 0 Å². The van der Waals surface area contributed by atoms with Crippen molar-refractivity contribution < 1.29 is 8.83 Å². The first-order valence-electron chi connectivity index (χ1n) is 21.4. The molecule has 8 bridgehead atoms. The maximum atomic E-state index is 6.58. The van der Waals surface area contributed by atoms with Crippen LogP contribution in [0.2, 0.25) is 0 Å². The Morgan fingerprint density at radius 2 is 0.762 bits per heavy atom. The van der Waals surface area contributed by atoms with Crippen LogP contribution in [0.3, 0.4) is 0 Å². The number of benzene rings is 10. The molecule has 4 aromatic heterocycles. The largest absolute Gasteiger partial charge is 0.456 e. The highest BCUT2D eigenvalue weighted by atomic mass is 16.3. The van der Waals surface area contributed by atoms with E-state index in [2.05, 4.69) is 214 Å². The molecule has 14 rings (SSSR count). The van der Waals surface area contributed by atoms with Crippen LogP contribution in [-0.2, 0) is 0 Å². The zero-order chi connectivity index (χ0) is 41.2. The second-order valence-corrected chi connectivity index (χ2v) is 16.6. The van der Waals surface area contributed by atoms with Gasteiger partial charge in [-0.05, 0) is 119 Å². The van der Waals surface area contributed by atoms with Crippen molar-refractivity contribution in [3.8, 4) is 17.1 Å². The monoisotopic (exact) mass is 805 g/mol. The van der Waals surface area contributed by atoms with E-state index in [1.54, 1.807) is 0 Å². The Balaban J connectivity index is 1.08. The molecular formula is C58H35N3O2. The Kier molecular flexibility index (Phi) is 7.05. The summed E-state index contributed by atoms with van der Waals surface area (Å²) in [6.45, 7) is 0. The van der Waals surface area contributed by atoms with Crippen molar-refractivity contribution in [2.45, 2.75) is 0 Å². The van der Waals surface area contributed by atoms with Crippen LogP contribution in [0.15, 0.2) is 221 Å². The zero-order valence-electron chi connectivity index (χ0n) is 33.9. The molecule has 0 atom stereocenters. The highest BCUT2D eigenvalue weighted by Crippen LogP contribution is 2.38. The van der Waals surface area contributed by atoms with E-state index in [1.807, 2.05) is 12.1 Å². The van der Waals surface area contributed by atoms with E-state index in [0.717, 1.165) is 99.3 Å². The Morgan fingerprint density at radius 3 is 1.51 bits per heavy atom. The third-order valence-electron chi connectivity index (χ3n) is 13.0. The van der Waals surface area contributed by atoms with Gasteiger partial charge in [-0.15, -0.1) is 0 Å². The molecule has 0 aliphatic carbocycles. The van der Waals surface area contributed by atoms with Crippen molar-refractivity contribution in [2.24, 2.45) is 0 Å². The number of hydrogen-bond donors (Lipinski definition) is 0. The molecule has 0 unspecified atom stereocenters. The maximum absolute atomic E-state index is 6.58. The third kappa shape index (κ3) is 5.11. The lowest BCUT2D eigenvalue weighted by molar-refractivity contribution is 0.668. The molecule has 5 nitrogen and oxygen atoms in total. The van der Waals surface area contributed by atoms with Crippen molar-refractivity contribution >= 4 is 109 Å². The molecule has 5 heteroatoms. The lowest BCUT2D eigenvalue weighted by Gasteiger charge is -2.15. The molecule has 0 radical (unpaired) electrons. The van der Waals surface area contributed by atoms with Gasteiger partial charge in [0.2, 0.25) is 0 Å². The Hall–Kier alpha value is -8.54. The predicted molar refractivity (Wildman–Crippen MR) is 262 cm³/mol. The normalized spacial score (nSPS) is 12.1. The van der Waals surface area contributed by atoms with Crippen LogP contribution in [0, 0.1) is 0 Å². The highest BCUT2D eigenvalue weighted by molar-refractivity contribution is 6.12. The minimum Gasteiger partial charge on any atom is -0.456 e. The fraction of sp³-hybridized carbons (Fsp3) is 0. The molecule has 0 saturated carbocycles. The summed E-state index contributed by atoms with van der Waals surface area (Å²) in [5, 5.41) is 11.4. The maximum Gasteiger partial charge on any atom is 0.137 e. The van der Waals surface area contributed by atoms with Crippen LogP contribution in [0.5, 0.6) is 0 Å². The fourth-order valence-corrected chi connectivity index (χ4v) is 10.2. The first-order valence-corrected chi connectivity index (χ1v) is 21.4. The predicted octanol–water partition coefficient (Wildman–Crippen LogP) is 15.9. The van der Waals surface area contributed by atoms with E-state index >= 15 is 0 Å². The van der Waals surface area contributed by atoms with Crippen molar-refractivity contribution in [3.05, 3.63) is 212 Å². The van der Waals surface area contributed by atoms with Gasteiger partial charge < -0.3 is 22.5 Å². The molecule has 0 aliphatic heterocycles. The van der Waals surface area contributed by atoms with Gasteiger partial charge >= 0.3 is 0 Å². The first-order chi connectivity index (χ1) is 31.2. The minimum atomic E-state index is 0.842. The molecule has 0 aliphatic rings. The molecule has 0 N–H and O–H groups in total. The molecule has 0 fully saturated rings. The van der Waals surface area contributed by atoms with Gasteiger partial charge in [0.1, 0.15) is 22.3 Å². The summed E-state index contributed by atoms with van der Waals surface area (Å²) >= 11 is 0. The Morgan fingerprint density at radius 1 is 0.254 bits per heavy atom. The third-order valence-corrected chi connectivity index (χ3v) is 13.0. The average molecular weight is 806 g/mol. The smallest absolute Gasteiger partial charge is 0.137 e. The number of aromatic nitrogens is 3. The highest BCUT2D eigenvalue weighted by Gasteiger charge is 2.17. The van der Waals surface area contributed by atoms with Crippen molar-refractivity contribution in [1.82, 2.24) is 13.7 Å². The zero-order valence-corrected chi connectivity index (χ0v) is 33.9. The standard InChI is InChI=1S/C58H35N3O2/c1-2-16-45-36(10-1)11-9-20-52(45)61-53-19-5-3-17-46(53)47-26-22-43(34-54(47)61)59-39-14-7-12-37(30-39)38-13-8-15-40(31-38)60(44-23-27-49-48-18-4-6-21-55(48)63-58(49)35-44)42-25-29-57-51(33-42)50-32-41(59)24-28-56(50)62-57/h1-35H. The number of para-hydroxylation sites is 2. The molecule has 0 amide bonds. The summed E-state index contributed by atoms with van der Waals surface area (Å²) in [5.41, 5.74) is 13.1. The SMILES string of the molecule is c1ccc2c(-n3c4ccccc4c4ccc(-n5c6cccc(c6)c6cccc(c6)n(-c6ccc7c(c6)oc6ccccc67)c6ccc7oc8ccc5cc8c7c6)cc43)cccc2c1. The minimum absolute atomic E-state index is 0.842. The summed E-state index contributed by atoms with van der Waals surface area (Å²) in [5.74, 6) is 0. The molecule has 294 valence electrons. The second-order valence-electron chi connectivity index (χ2n) is 16.6. The summed E-state index contributed by atoms with van der Waals surface area (Å²) in [7, 11) is 0. The summed E-state index contributed by atoms with van der Waals surface area (Å²) in [6, 6.07) is 76.6. The van der Waals surface area contributed by atoms with Crippen LogP contribution in [-0.4, -0.2) is 13.7 Å². The van der Waals surface area contributed by atoms with Gasteiger partial charge in [-0.2, -0.15) is 0 Å². The number of hydrogen-bond acceptors (Lipinski definition) is 2. The van der Waals surface area contributed by atoms with Crippen LogP contribution in [0.1, 0.15) is 0 Å². The van der Waals surface area contributed by atoms with Crippen LogP contribution >= 0.6 is 0 Å². The van der Waals surface area contributed by atoms with E-state index in [4.69, 9.17) is 8.83 Å². The summed E-state index contributed by atoms with van der Waals surface area (Å²) in [6.07, 6.45) is 0. The van der Waals surface area contributed by atoms with Crippen molar-refractivity contribution in [2.75, 3.05) is 0 Å². The van der Waals surface area contributed by atoms with Crippen molar-refractivity contribution in [1.29, 1.82) is 0 Å². The number of rotatable bonds is 3. The van der Waals surface area contributed by atoms with E-state index in [0.29, 0.717) is 0 Å². The van der Waals surface area contributed by atoms with Crippen molar-refractivity contribution in [3.63, 3.8) is 0 Å². The van der Waals surface area contributed by atoms with Gasteiger partial charge in [0, 0.05) is 77.2 Å². The van der Waals surface area contributed by atoms with Crippen LogP contribution in [0.4, 0.5) is 0 Å². The molecule has 0 spiro atoms. The van der Waals surface area contributed by atoms with E-state index in [-0.39, 0.29) is 0 Å². The lowest BCUT2D eigenvalue weighted by atomic mass is 10.1. The Labute approximate surface area is 359 Å². The van der Waals surface area contributed by atoms with E-state index in [1.165, 1.54) is 27.1 Å². The van der Waals surface area contributed by atoms with Crippen LogP contribution < -0.4 is 0 Å². The molecule has 10 aromatic carbocycles.